The topological polar surface area (TPSA) is 6.48 Å². The van der Waals surface area contributed by atoms with E-state index in [1.54, 1.807) is 0 Å². The highest BCUT2D eigenvalue weighted by Crippen LogP contribution is 2.08. The van der Waals surface area contributed by atoms with Gasteiger partial charge in [0, 0.05) is 5.54 Å². The Balaban J connectivity index is 3.73. The van der Waals surface area contributed by atoms with E-state index in [0.29, 0.717) is 5.54 Å². The smallest absolute Gasteiger partial charge is 0.172 e. The zero-order valence-electron chi connectivity index (χ0n) is 8.10. The molecule has 62 valence electrons. The minimum Gasteiger partial charge on any atom is -0.322 e. The summed E-state index contributed by atoms with van der Waals surface area (Å²) in [7, 11) is 6.33. The lowest BCUT2D eigenvalue weighted by Crippen LogP contribution is -2.46. The standard InChI is InChI=1S/C7H20N2Si/c1-7(2,3)9(6)10-8(4)5/h10H2,1-6H3. The molecule has 0 bridgehead atoms. The van der Waals surface area contributed by atoms with Crippen LogP contribution in [0, 0.1) is 0 Å². The van der Waals surface area contributed by atoms with Gasteiger partial charge in [0.2, 0.25) is 0 Å². The minimum atomic E-state index is -0.167. The van der Waals surface area contributed by atoms with E-state index < -0.39 is 0 Å². The fourth-order valence-electron chi connectivity index (χ4n) is 0.636. The zero-order chi connectivity index (χ0) is 8.36. The van der Waals surface area contributed by atoms with E-state index in [-0.39, 0.29) is 9.84 Å². The Morgan fingerprint density at radius 1 is 1.00 bits per heavy atom. The second-order valence-electron chi connectivity index (χ2n) is 4.09. The molecule has 0 saturated heterocycles. The molecule has 0 aromatic carbocycles. The van der Waals surface area contributed by atoms with Gasteiger partial charge in [-0.2, -0.15) is 0 Å². The molecule has 0 N–H and O–H groups in total. The first-order valence-corrected chi connectivity index (χ1v) is 4.96. The van der Waals surface area contributed by atoms with Crippen LogP contribution in [0.1, 0.15) is 20.8 Å². The van der Waals surface area contributed by atoms with Crippen LogP contribution in [0.3, 0.4) is 0 Å². The van der Waals surface area contributed by atoms with Crippen molar-refractivity contribution >= 4 is 9.84 Å². The Morgan fingerprint density at radius 2 is 1.40 bits per heavy atom. The van der Waals surface area contributed by atoms with Crippen LogP contribution in [-0.2, 0) is 0 Å². The van der Waals surface area contributed by atoms with E-state index in [0.717, 1.165) is 0 Å². The second-order valence-corrected chi connectivity index (χ2v) is 6.59. The lowest BCUT2D eigenvalue weighted by molar-refractivity contribution is 0.283. The van der Waals surface area contributed by atoms with Gasteiger partial charge in [0.25, 0.3) is 0 Å². The molecule has 0 saturated carbocycles. The molecule has 0 radical (unpaired) electrons. The van der Waals surface area contributed by atoms with Gasteiger partial charge in [-0.3, -0.25) is 0 Å². The van der Waals surface area contributed by atoms with Crippen molar-refractivity contribution in [1.29, 1.82) is 0 Å². The van der Waals surface area contributed by atoms with Crippen molar-refractivity contribution in [3.05, 3.63) is 0 Å². The van der Waals surface area contributed by atoms with Gasteiger partial charge in [-0.05, 0) is 41.9 Å². The van der Waals surface area contributed by atoms with Gasteiger partial charge in [-0.15, -0.1) is 0 Å². The predicted octanol–water partition coefficient (Wildman–Crippen LogP) is 0.277. The van der Waals surface area contributed by atoms with Crippen LogP contribution in [0.4, 0.5) is 0 Å². The SMILES string of the molecule is CN(C)[SiH2]N(C)C(C)(C)C. The summed E-state index contributed by atoms with van der Waals surface area (Å²) in [5, 5.41) is 0. The number of hydrogen-bond acceptors (Lipinski definition) is 2. The van der Waals surface area contributed by atoms with Crippen molar-refractivity contribution in [3.63, 3.8) is 0 Å². The van der Waals surface area contributed by atoms with Crippen molar-refractivity contribution in [3.8, 4) is 0 Å². The average molecular weight is 160 g/mol. The molecule has 0 spiro atoms. The third-order valence-corrected chi connectivity index (χ3v) is 3.58. The number of rotatable bonds is 2. The summed E-state index contributed by atoms with van der Waals surface area (Å²) in [6, 6.07) is 0. The third-order valence-electron chi connectivity index (χ3n) is 1.64. The van der Waals surface area contributed by atoms with E-state index in [9.17, 15) is 0 Å². The van der Waals surface area contributed by atoms with Crippen molar-refractivity contribution in [2.75, 3.05) is 21.1 Å². The van der Waals surface area contributed by atoms with Crippen LogP contribution >= 0.6 is 0 Å². The van der Waals surface area contributed by atoms with Gasteiger partial charge >= 0.3 is 0 Å². The Morgan fingerprint density at radius 3 is 1.50 bits per heavy atom. The first-order chi connectivity index (χ1) is 4.34. The molecule has 3 heteroatoms. The fraction of sp³-hybridized carbons (Fsp3) is 1.00. The first-order valence-electron chi connectivity index (χ1n) is 3.70. The van der Waals surface area contributed by atoms with Gasteiger partial charge in [-0.1, -0.05) is 0 Å². The van der Waals surface area contributed by atoms with Crippen LogP contribution in [0.5, 0.6) is 0 Å². The van der Waals surface area contributed by atoms with Crippen molar-refractivity contribution < 1.29 is 0 Å². The lowest BCUT2D eigenvalue weighted by Gasteiger charge is -2.33. The van der Waals surface area contributed by atoms with Crippen molar-refractivity contribution in [2.45, 2.75) is 26.3 Å². The molecule has 0 amide bonds. The molecule has 0 fully saturated rings. The second kappa shape index (κ2) is 3.51. The summed E-state index contributed by atoms with van der Waals surface area (Å²) in [4.78, 5) is 0. The van der Waals surface area contributed by atoms with E-state index in [2.05, 4.69) is 51.0 Å². The quantitative estimate of drug-likeness (QED) is 0.535. The summed E-state index contributed by atoms with van der Waals surface area (Å²) >= 11 is 0. The predicted molar refractivity (Wildman–Crippen MR) is 49.7 cm³/mol. The van der Waals surface area contributed by atoms with E-state index in [4.69, 9.17) is 0 Å². The van der Waals surface area contributed by atoms with E-state index in [1.165, 1.54) is 0 Å². The number of hydrogen-bond donors (Lipinski definition) is 0. The molecule has 0 aliphatic rings. The fourth-order valence-corrected chi connectivity index (χ4v) is 1.91. The molecule has 0 atom stereocenters. The summed E-state index contributed by atoms with van der Waals surface area (Å²) in [5.41, 5.74) is 0.344. The molecule has 0 aliphatic carbocycles. The maximum absolute atomic E-state index is 2.45. The number of nitrogens with zero attached hydrogens (tertiary/aromatic N) is 2. The third kappa shape index (κ3) is 4.03. The van der Waals surface area contributed by atoms with Crippen LogP contribution in [0.15, 0.2) is 0 Å². The normalized spacial score (nSPS) is 14.4. The van der Waals surface area contributed by atoms with Gasteiger partial charge in [0.15, 0.2) is 9.84 Å². The highest BCUT2D eigenvalue weighted by atomic mass is 28.2. The van der Waals surface area contributed by atoms with Crippen LogP contribution in [0.2, 0.25) is 0 Å². The van der Waals surface area contributed by atoms with E-state index in [1.807, 2.05) is 0 Å². The van der Waals surface area contributed by atoms with Gasteiger partial charge < -0.3 is 9.13 Å². The average Bonchev–Trinajstić information content (AvgIpc) is 1.60. The van der Waals surface area contributed by atoms with E-state index >= 15 is 0 Å². The molecule has 0 rings (SSSR count). The Hall–Kier alpha value is 0.137. The van der Waals surface area contributed by atoms with Crippen LogP contribution < -0.4 is 0 Å². The minimum absolute atomic E-state index is 0.167. The molecule has 2 nitrogen and oxygen atoms in total. The van der Waals surface area contributed by atoms with Crippen molar-refractivity contribution in [2.24, 2.45) is 0 Å². The molecule has 0 unspecified atom stereocenters. The highest BCUT2D eigenvalue weighted by Gasteiger charge is 2.16. The Bertz CT molecular complexity index is 96.3. The maximum Gasteiger partial charge on any atom is 0.172 e. The molecule has 0 aromatic heterocycles. The molecular weight excluding hydrogens is 140 g/mol. The molecule has 0 heterocycles. The molecule has 0 aromatic rings. The zero-order valence-corrected chi connectivity index (χ0v) is 9.52. The Labute approximate surface area is 67.2 Å². The maximum atomic E-state index is 2.45. The van der Waals surface area contributed by atoms with Crippen LogP contribution in [-0.4, -0.2) is 45.7 Å². The summed E-state index contributed by atoms with van der Waals surface area (Å²) in [6.07, 6.45) is 0. The van der Waals surface area contributed by atoms with Crippen molar-refractivity contribution in [1.82, 2.24) is 9.13 Å². The molecule has 0 aliphatic heterocycles. The van der Waals surface area contributed by atoms with Gasteiger partial charge in [0.1, 0.15) is 0 Å². The first kappa shape index (κ1) is 10.1. The molecule has 10 heavy (non-hydrogen) atoms. The lowest BCUT2D eigenvalue weighted by atomic mass is 10.1. The summed E-state index contributed by atoms with van der Waals surface area (Å²) < 4.78 is 4.76. The highest BCUT2D eigenvalue weighted by molar-refractivity contribution is 6.28. The largest absolute Gasteiger partial charge is 0.322 e. The summed E-state index contributed by atoms with van der Waals surface area (Å²) in [6.45, 7) is 6.76. The van der Waals surface area contributed by atoms with Crippen LogP contribution in [0.25, 0.3) is 0 Å². The van der Waals surface area contributed by atoms with Gasteiger partial charge in [0.05, 0.1) is 0 Å². The monoisotopic (exact) mass is 160 g/mol. The molecular formula is C7H20N2Si. The Kier molecular flexibility index (Phi) is 3.55. The van der Waals surface area contributed by atoms with Gasteiger partial charge in [-0.25, -0.2) is 0 Å². The summed E-state index contributed by atoms with van der Waals surface area (Å²) in [5.74, 6) is 0.